The molecule has 2 saturated carbocycles. The first-order chi connectivity index (χ1) is 15.4. The zero-order valence-corrected chi connectivity index (χ0v) is 21.5. The predicted octanol–water partition coefficient (Wildman–Crippen LogP) is 9.25. The number of allylic oxidation sites excluding steroid dienone is 4. The molecule has 0 N–H and O–H groups in total. The highest BCUT2D eigenvalue weighted by Gasteiger charge is 2.56. The molecule has 1 aromatic rings. The minimum Gasteiger partial charge on any atom is -0.261 e. The van der Waals surface area contributed by atoms with Crippen LogP contribution in [0.5, 0.6) is 0 Å². The topological polar surface area (TPSA) is 12.4 Å². The lowest BCUT2D eigenvalue weighted by Gasteiger charge is -2.59. The number of aryl methyl sites for hydroxylation is 1. The summed E-state index contributed by atoms with van der Waals surface area (Å²) in [4.78, 5) is 4.18. The first kappa shape index (κ1) is 23.5. The summed E-state index contributed by atoms with van der Waals surface area (Å²) in [6.07, 6.45) is 18.5. The van der Waals surface area contributed by atoms with E-state index in [1.807, 2.05) is 36.9 Å². The van der Waals surface area contributed by atoms with Crippen molar-refractivity contribution in [2.45, 2.75) is 92.9 Å². The standard InChI is InChI=1S/C22H34.C9H11N/c1-5-22-13-10-15(2)14-17(22)7-8-18-19-9-6-16(3)21(19,4)12-11-20(18)22;1-3-10-9-7-5-4-6-8(9)2/h6-7,15,18-20H,5,8-14H2,1-4H3;3-7H,1-2H3. The Bertz CT molecular complexity index is 905. The van der Waals surface area contributed by atoms with E-state index in [1.54, 1.807) is 5.57 Å². The summed E-state index contributed by atoms with van der Waals surface area (Å²) in [6, 6.07) is 8.08. The second kappa shape index (κ2) is 9.32. The lowest BCUT2D eigenvalue weighted by Crippen LogP contribution is -2.50. The minimum absolute atomic E-state index is 0.531. The van der Waals surface area contributed by atoms with Crippen molar-refractivity contribution in [3.8, 4) is 0 Å². The van der Waals surface area contributed by atoms with Gasteiger partial charge >= 0.3 is 0 Å². The van der Waals surface area contributed by atoms with Crippen LogP contribution in [0.4, 0.5) is 5.69 Å². The summed E-state index contributed by atoms with van der Waals surface area (Å²) in [5.74, 6) is 3.81. The molecular weight excluding hydrogens is 386 g/mol. The van der Waals surface area contributed by atoms with Gasteiger partial charge in [-0.1, -0.05) is 62.3 Å². The van der Waals surface area contributed by atoms with Crippen LogP contribution in [0, 0.1) is 41.4 Å². The van der Waals surface area contributed by atoms with Crippen LogP contribution in [0.15, 0.2) is 52.6 Å². The first-order valence-electron chi connectivity index (χ1n) is 13.3. The average Bonchev–Trinajstić information content (AvgIpc) is 3.10. The van der Waals surface area contributed by atoms with Crippen molar-refractivity contribution in [2.24, 2.45) is 39.5 Å². The zero-order valence-electron chi connectivity index (χ0n) is 21.5. The van der Waals surface area contributed by atoms with E-state index in [0.717, 1.165) is 29.4 Å². The highest BCUT2D eigenvalue weighted by Crippen LogP contribution is 2.66. The Morgan fingerprint density at radius 3 is 2.53 bits per heavy atom. The smallest absolute Gasteiger partial charge is 0.0654 e. The van der Waals surface area contributed by atoms with Crippen LogP contribution in [0.1, 0.15) is 91.5 Å². The Morgan fingerprint density at radius 2 is 1.81 bits per heavy atom. The summed E-state index contributed by atoms with van der Waals surface area (Å²) in [6.45, 7) is 13.9. The molecule has 1 heteroatoms. The van der Waals surface area contributed by atoms with E-state index in [2.05, 4.69) is 57.8 Å². The van der Waals surface area contributed by atoms with Gasteiger partial charge in [0.05, 0.1) is 5.69 Å². The van der Waals surface area contributed by atoms with Crippen molar-refractivity contribution in [2.75, 3.05) is 0 Å². The normalized spacial score (nSPS) is 38.1. The van der Waals surface area contributed by atoms with E-state index in [9.17, 15) is 0 Å². The number of hydrogen-bond donors (Lipinski definition) is 0. The maximum Gasteiger partial charge on any atom is 0.0654 e. The molecule has 0 bridgehead atoms. The SMILES string of the molecule is CC=Nc1ccccc1C.CCC12CCC(C)CC1=CCC1C3CC=C(C)C3(C)CCC12. The number of fused-ring (bicyclic) bond motifs is 5. The molecule has 0 heterocycles. The fourth-order valence-corrected chi connectivity index (χ4v) is 7.93. The molecule has 5 rings (SSSR count). The molecule has 0 amide bonds. The average molecular weight is 432 g/mol. The maximum atomic E-state index is 4.18. The Labute approximate surface area is 197 Å². The monoisotopic (exact) mass is 431 g/mol. The molecule has 0 aromatic heterocycles. The number of rotatable bonds is 2. The van der Waals surface area contributed by atoms with Crippen LogP contribution in [-0.2, 0) is 0 Å². The lowest BCUT2D eigenvalue weighted by atomic mass is 9.46. The van der Waals surface area contributed by atoms with Crippen molar-refractivity contribution in [1.82, 2.24) is 0 Å². The molecule has 6 atom stereocenters. The van der Waals surface area contributed by atoms with E-state index in [0.29, 0.717) is 10.8 Å². The van der Waals surface area contributed by atoms with E-state index in [4.69, 9.17) is 0 Å². The Morgan fingerprint density at radius 1 is 1.03 bits per heavy atom. The van der Waals surface area contributed by atoms with Crippen LogP contribution in [-0.4, -0.2) is 6.21 Å². The van der Waals surface area contributed by atoms with Crippen molar-refractivity contribution in [1.29, 1.82) is 0 Å². The molecule has 0 radical (unpaired) electrons. The van der Waals surface area contributed by atoms with E-state index in [-0.39, 0.29) is 0 Å². The third-order valence-electron chi connectivity index (χ3n) is 10.1. The molecule has 0 saturated heterocycles. The summed E-state index contributed by atoms with van der Waals surface area (Å²) in [5.41, 5.74) is 6.98. The molecule has 0 aliphatic heterocycles. The summed E-state index contributed by atoms with van der Waals surface area (Å²) in [5, 5.41) is 0. The number of aliphatic imine (C=N–C) groups is 1. The highest BCUT2D eigenvalue weighted by atomic mass is 14.7. The molecule has 32 heavy (non-hydrogen) atoms. The fraction of sp³-hybridized carbons (Fsp3) is 0.645. The summed E-state index contributed by atoms with van der Waals surface area (Å²) >= 11 is 0. The van der Waals surface area contributed by atoms with Gasteiger partial charge in [0, 0.05) is 6.21 Å². The quantitative estimate of drug-likeness (QED) is 0.327. The summed E-state index contributed by atoms with van der Waals surface area (Å²) in [7, 11) is 0. The van der Waals surface area contributed by atoms with Crippen molar-refractivity contribution < 1.29 is 0 Å². The van der Waals surface area contributed by atoms with Gasteiger partial charge in [-0.2, -0.15) is 0 Å². The Kier molecular flexibility index (Phi) is 6.85. The van der Waals surface area contributed by atoms with Gasteiger partial charge < -0.3 is 0 Å². The number of nitrogens with zero attached hydrogens (tertiary/aromatic N) is 1. The zero-order chi connectivity index (χ0) is 22.9. The minimum atomic E-state index is 0.531. The molecule has 1 nitrogen and oxygen atoms in total. The van der Waals surface area contributed by atoms with Gasteiger partial charge in [0.1, 0.15) is 0 Å². The van der Waals surface area contributed by atoms with Gasteiger partial charge in [-0.15, -0.1) is 0 Å². The molecule has 6 unspecified atom stereocenters. The highest BCUT2D eigenvalue weighted by molar-refractivity contribution is 5.62. The van der Waals surface area contributed by atoms with Gasteiger partial charge in [-0.05, 0) is 118 Å². The number of benzene rings is 1. The molecule has 2 fully saturated rings. The van der Waals surface area contributed by atoms with Crippen LogP contribution >= 0.6 is 0 Å². The van der Waals surface area contributed by atoms with Gasteiger partial charge in [-0.25, -0.2) is 0 Å². The van der Waals surface area contributed by atoms with Crippen molar-refractivity contribution in [3.05, 3.63) is 53.1 Å². The van der Waals surface area contributed by atoms with Gasteiger partial charge in [0.25, 0.3) is 0 Å². The lowest BCUT2D eigenvalue weighted by molar-refractivity contribution is -0.0302. The third kappa shape index (κ3) is 3.95. The van der Waals surface area contributed by atoms with Crippen LogP contribution in [0.3, 0.4) is 0 Å². The second-order valence-corrected chi connectivity index (χ2v) is 11.5. The molecular formula is C31H45N. The Hall–Kier alpha value is -1.63. The molecule has 1 aromatic carbocycles. The van der Waals surface area contributed by atoms with Crippen LogP contribution < -0.4 is 0 Å². The van der Waals surface area contributed by atoms with E-state index >= 15 is 0 Å². The van der Waals surface area contributed by atoms with Crippen LogP contribution in [0.25, 0.3) is 0 Å². The van der Waals surface area contributed by atoms with Crippen molar-refractivity contribution in [3.63, 3.8) is 0 Å². The van der Waals surface area contributed by atoms with Gasteiger partial charge in [-0.3, -0.25) is 4.99 Å². The largest absolute Gasteiger partial charge is 0.261 e. The first-order valence-corrected chi connectivity index (χ1v) is 13.3. The second-order valence-electron chi connectivity index (χ2n) is 11.5. The number of para-hydroxylation sites is 1. The maximum absolute atomic E-state index is 4.18. The number of hydrogen-bond acceptors (Lipinski definition) is 1. The van der Waals surface area contributed by atoms with E-state index in [1.165, 1.54) is 56.9 Å². The summed E-state index contributed by atoms with van der Waals surface area (Å²) < 4.78 is 0. The third-order valence-corrected chi connectivity index (χ3v) is 10.1. The van der Waals surface area contributed by atoms with Crippen molar-refractivity contribution >= 4 is 11.9 Å². The molecule has 4 aliphatic rings. The van der Waals surface area contributed by atoms with Gasteiger partial charge in [0.2, 0.25) is 0 Å². The van der Waals surface area contributed by atoms with Gasteiger partial charge in [0.15, 0.2) is 0 Å². The fourth-order valence-electron chi connectivity index (χ4n) is 7.93. The predicted molar refractivity (Wildman–Crippen MR) is 140 cm³/mol. The molecule has 0 spiro atoms. The Balaban J connectivity index is 0.000000207. The van der Waals surface area contributed by atoms with Crippen LogP contribution in [0.2, 0.25) is 0 Å². The molecule has 4 aliphatic carbocycles. The van der Waals surface area contributed by atoms with E-state index < -0.39 is 0 Å². The molecule has 174 valence electrons.